The molecule has 0 N–H and O–H groups in total. The number of hydrogen-bond acceptors (Lipinski definition) is 4. The summed E-state index contributed by atoms with van der Waals surface area (Å²) in [4.78, 5) is 15.0. The van der Waals surface area contributed by atoms with Crippen LogP contribution in [0.4, 0.5) is 0 Å². The molecule has 224 valence electrons. The molecule has 0 aliphatic carbocycles. The highest BCUT2D eigenvalue weighted by atomic mass is 16.5. The second kappa shape index (κ2) is 9.27. The van der Waals surface area contributed by atoms with E-state index < -0.39 is 0 Å². The second-order valence-electron chi connectivity index (χ2n) is 13.4. The van der Waals surface area contributed by atoms with Crippen molar-refractivity contribution in [1.29, 1.82) is 0 Å². The highest BCUT2D eigenvalue weighted by molar-refractivity contribution is 6.15. The minimum Gasteiger partial charge on any atom is -0.457 e. The Bertz CT molecular complexity index is 2930. The molecule has 5 aromatic heterocycles. The van der Waals surface area contributed by atoms with Gasteiger partial charge in [-0.15, -0.1) is 0 Å². The average Bonchev–Trinajstić information content (AvgIpc) is 3.68. The summed E-state index contributed by atoms with van der Waals surface area (Å²) in [6.45, 7) is 6.77. The standard InChI is InChI=1S/C41H29N5O/c1-41(2,3)24-14-17-29-27-18-15-25(22-31(27)39-43-33-10-4-6-12-35(33)45(39)37(29)21-24)47-26-16-19-28-30-9-8-20-42-38(30)46-36-13-7-5-11-34(36)44-40(46)32(28)23-26/h4-23H,1-3H3. The molecule has 0 spiro atoms. The maximum Gasteiger partial charge on any atom is 0.147 e. The quantitative estimate of drug-likeness (QED) is 0.184. The first kappa shape index (κ1) is 26.2. The predicted octanol–water partition coefficient (Wildman–Crippen LogP) is 10.4. The molecule has 5 aromatic carbocycles. The summed E-state index contributed by atoms with van der Waals surface area (Å²) in [5.74, 6) is 1.50. The van der Waals surface area contributed by atoms with E-state index in [0.717, 1.165) is 83.0 Å². The Morgan fingerprint density at radius 1 is 0.489 bits per heavy atom. The van der Waals surface area contributed by atoms with Gasteiger partial charge in [-0.05, 0) is 101 Å². The van der Waals surface area contributed by atoms with Crippen LogP contribution in [0.25, 0.3) is 76.8 Å². The van der Waals surface area contributed by atoms with Gasteiger partial charge in [-0.1, -0.05) is 57.2 Å². The zero-order valence-corrected chi connectivity index (χ0v) is 26.2. The molecule has 0 aliphatic heterocycles. The summed E-state index contributed by atoms with van der Waals surface area (Å²) in [5, 5.41) is 6.57. The number of hydrogen-bond donors (Lipinski definition) is 0. The van der Waals surface area contributed by atoms with Crippen molar-refractivity contribution >= 4 is 76.8 Å². The molecular formula is C41H29N5O. The highest BCUT2D eigenvalue weighted by Crippen LogP contribution is 2.39. The highest BCUT2D eigenvalue weighted by Gasteiger charge is 2.19. The zero-order chi connectivity index (χ0) is 31.4. The first-order chi connectivity index (χ1) is 22.9. The molecule has 0 saturated heterocycles. The fraction of sp³-hybridized carbons (Fsp3) is 0.0976. The molecule has 0 fully saturated rings. The van der Waals surface area contributed by atoms with Gasteiger partial charge in [0.25, 0.3) is 0 Å². The van der Waals surface area contributed by atoms with Gasteiger partial charge >= 0.3 is 0 Å². The predicted molar refractivity (Wildman–Crippen MR) is 192 cm³/mol. The Morgan fingerprint density at radius 2 is 1.09 bits per heavy atom. The minimum absolute atomic E-state index is 0.0287. The lowest BCUT2D eigenvalue weighted by Gasteiger charge is -2.20. The molecule has 0 saturated carbocycles. The van der Waals surface area contributed by atoms with Crippen molar-refractivity contribution < 1.29 is 4.74 Å². The number of para-hydroxylation sites is 4. The van der Waals surface area contributed by atoms with Crippen LogP contribution in [0.5, 0.6) is 11.5 Å². The number of ether oxygens (including phenoxy) is 1. The van der Waals surface area contributed by atoms with Crippen LogP contribution >= 0.6 is 0 Å². The van der Waals surface area contributed by atoms with Gasteiger partial charge in [-0.2, -0.15) is 0 Å². The summed E-state index contributed by atoms with van der Waals surface area (Å²) in [5.41, 5.74) is 9.21. The summed E-state index contributed by atoms with van der Waals surface area (Å²) in [6, 6.07) is 40.1. The van der Waals surface area contributed by atoms with Crippen molar-refractivity contribution in [1.82, 2.24) is 23.8 Å². The maximum atomic E-state index is 6.64. The minimum atomic E-state index is 0.0287. The van der Waals surface area contributed by atoms with Crippen LogP contribution in [0.2, 0.25) is 0 Å². The Kier molecular flexibility index (Phi) is 5.17. The van der Waals surface area contributed by atoms with Crippen molar-refractivity contribution in [2.75, 3.05) is 0 Å². The Balaban J connectivity index is 1.19. The molecular weight excluding hydrogens is 578 g/mol. The van der Waals surface area contributed by atoms with E-state index in [9.17, 15) is 0 Å². The van der Waals surface area contributed by atoms with E-state index >= 15 is 0 Å². The van der Waals surface area contributed by atoms with Gasteiger partial charge in [0.15, 0.2) is 0 Å². The normalized spacial score (nSPS) is 12.6. The van der Waals surface area contributed by atoms with Crippen molar-refractivity contribution in [3.63, 3.8) is 0 Å². The van der Waals surface area contributed by atoms with Gasteiger partial charge in [0.05, 0.1) is 27.6 Å². The molecule has 6 nitrogen and oxygen atoms in total. The molecule has 0 amide bonds. The van der Waals surface area contributed by atoms with Crippen LogP contribution in [-0.2, 0) is 5.41 Å². The van der Waals surface area contributed by atoms with Gasteiger partial charge in [-0.3, -0.25) is 8.80 Å². The number of rotatable bonds is 2. The van der Waals surface area contributed by atoms with E-state index in [-0.39, 0.29) is 5.41 Å². The van der Waals surface area contributed by atoms with E-state index in [2.05, 4.69) is 108 Å². The summed E-state index contributed by atoms with van der Waals surface area (Å²) >= 11 is 0. The number of pyridine rings is 3. The Hall–Kier alpha value is -6.01. The van der Waals surface area contributed by atoms with Crippen molar-refractivity contribution in [2.24, 2.45) is 0 Å². The molecule has 5 heterocycles. The summed E-state index contributed by atoms with van der Waals surface area (Å²) < 4.78 is 11.1. The monoisotopic (exact) mass is 607 g/mol. The Labute approximate surface area is 269 Å². The van der Waals surface area contributed by atoms with Crippen LogP contribution in [0.1, 0.15) is 26.3 Å². The fourth-order valence-corrected chi connectivity index (χ4v) is 7.22. The largest absolute Gasteiger partial charge is 0.457 e. The van der Waals surface area contributed by atoms with E-state index in [1.807, 2.05) is 42.6 Å². The topological polar surface area (TPSA) is 56.7 Å². The molecule has 0 aliphatic rings. The third kappa shape index (κ3) is 3.75. The third-order valence-electron chi connectivity index (χ3n) is 9.50. The Morgan fingerprint density at radius 3 is 1.77 bits per heavy atom. The van der Waals surface area contributed by atoms with Gasteiger partial charge in [0, 0.05) is 27.7 Å². The van der Waals surface area contributed by atoms with Gasteiger partial charge in [0.1, 0.15) is 28.4 Å². The zero-order valence-electron chi connectivity index (χ0n) is 26.2. The van der Waals surface area contributed by atoms with Crippen molar-refractivity contribution in [3.8, 4) is 11.5 Å². The molecule has 6 heteroatoms. The van der Waals surface area contributed by atoms with Crippen LogP contribution < -0.4 is 4.74 Å². The molecule has 0 bridgehead atoms. The van der Waals surface area contributed by atoms with Gasteiger partial charge in [-0.25, -0.2) is 15.0 Å². The number of fused-ring (bicyclic) bond motifs is 16. The smallest absolute Gasteiger partial charge is 0.147 e. The van der Waals surface area contributed by atoms with Crippen molar-refractivity contribution in [3.05, 3.63) is 127 Å². The second-order valence-corrected chi connectivity index (χ2v) is 13.4. The number of aromatic nitrogens is 5. The first-order valence-electron chi connectivity index (χ1n) is 16.0. The van der Waals surface area contributed by atoms with Crippen LogP contribution in [0, 0.1) is 0 Å². The van der Waals surface area contributed by atoms with Gasteiger partial charge < -0.3 is 4.74 Å². The van der Waals surface area contributed by atoms with E-state index in [1.165, 1.54) is 10.9 Å². The molecule has 0 radical (unpaired) electrons. The maximum absolute atomic E-state index is 6.64. The number of nitrogens with zero attached hydrogens (tertiary/aromatic N) is 5. The lowest BCUT2D eigenvalue weighted by Crippen LogP contribution is -2.11. The van der Waals surface area contributed by atoms with E-state index in [1.54, 1.807) is 0 Å². The average molecular weight is 608 g/mol. The van der Waals surface area contributed by atoms with Crippen molar-refractivity contribution in [2.45, 2.75) is 26.2 Å². The summed E-state index contributed by atoms with van der Waals surface area (Å²) in [6.07, 6.45) is 1.84. The van der Waals surface area contributed by atoms with Crippen LogP contribution in [0.15, 0.2) is 121 Å². The fourth-order valence-electron chi connectivity index (χ4n) is 7.22. The van der Waals surface area contributed by atoms with E-state index in [4.69, 9.17) is 19.7 Å². The van der Waals surface area contributed by atoms with Crippen LogP contribution in [-0.4, -0.2) is 23.8 Å². The molecule has 10 rings (SSSR count). The lowest BCUT2D eigenvalue weighted by atomic mass is 9.86. The van der Waals surface area contributed by atoms with E-state index in [0.29, 0.717) is 0 Å². The number of benzene rings is 5. The molecule has 0 unspecified atom stereocenters. The summed E-state index contributed by atoms with van der Waals surface area (Å²) in [7, 11) is 0. The lowest BCUT2D eigenvalue weighted by molar-refractivity contribution is 0.484. The van der Waals surface area contributed by atoms with Crippen LogP contribution in [0.3, 0.4) is 0 Å². The molecule has 0 atom stereocenters. The number of imidazole rings is 2. The SMILES string of the molecule is CC(C)(C)c1ccc2c3ccc(Oc4ccc5c6cccnc6n6c7ccccc7nc6c5c4)cc3c3nc4ccccc4n3c2c1. The third-order valence-corrected chi connectivity index (χ3v) is 9.50. The molecule has 47 heavy (non-hydrogen) atoms. The van der Waals surface area contributed by atoms with Gasteiger partial charge in [0.2, 0.25) is 0 Å². The first-order valence-corrected chi connectivity index (χ1v) is 16.0. The molecule has 10 aromatic rings.